The second kappa shape index (κ2) is 5.67. The quantitative estimate of drug-likeness (QED) is 0.817. The molecule has 1 N–H and O–H groups in total. The summed E-state index contributed by atoms with van der Waals surface area (Å²) >= 11 is 3.50. The van der Waals surface area contributed by atoms with Crippen molar-refractivity contribution in [2.45, 2.75) is 62.8 Å². The summed E-state index contributed by atoms with van der Waals surface area (Å²) in [7, 11) is 0. The van der Waals surface area contributed by atoms with E-state index < -0.39 is 0 Å². The molecule has 3 aliphatic carbocycles. The number of hydrogen-bond donors (Lipinski definition) is 1. The molecule has 0 radical (unpaired) electrons. The molecule has 22 heavy (non-hydrogen) atoms. The maximum atomic E-state index is 13.2. The number of rotatable bonds is 5. The van der Waals surface area contributed by atoms with E-state index in [1.807, 2.05) is 0 Å². The first-order valence-corrected chi connectivity index (χ1v) is 9.55. The lowest BCUT2D eigenvalue weighted by molar-refractivity contribution is -0.127. The maximum Gasteiger partial charge on any atom is 0.230 e. The van der Waals surface area contributed by atoms with E-state index in [1.165, 1.54) is 44.1 Å². The third-order valence-corrected chi connectivity index (χ3v) is 6.37. The smallest absolute Gasteiger partial charge is 0.230 e. The molecule has 2 nitrogen and oxygen atoms in total. The fourth-order valence-electron chi connectivity index (χ4n) is 4.22. The van der Waals surface area contributed by atoms with Gasteiger partial charge < -0.3 is 5.32 Å². The molecule has 0 aliphatic heterocycles. The molecule has 3 saturated carbocycles. The normalized spacial score (nSPS) is 23.7. The molecule has 118 valence electrons. The zero-order chi connectivity index (χ0) is 15.2. The standard InChI is InChI=1S/C19H24BrNO/c20-16-9-7-15(8-10-16)19(11-1-2-12-19)18(22)21-17(13-3-4-13)14-5-6-14/h7-10,13-14,17H,1-6,11-12H2,(H,21,22). The third-order valence-electron chi connectivity index (χ3n) is 5.85. The first-order valence-electron chi connectivity index (χ1n) is 8.76. The van der Waals surface area contributed by atoms with Crippen LogP contribution in [0.3, 0.4) is 0 Å². The average Bonchev–Trinajstić information content (AvgIpc) is 3.45. The van der Waals surface area contributed by atoms with E-state index in [1.54, 1.807) is 0 Å². The topological polar surface area (TPSA) is 29.1 Å². The summed E-state index contributed by atoms with van der Waals surface area (Å²) in [5.41, 5.74) is 0.930. The molecular weight excluding hydrogens is 338 g/mol. The van der Waals surface area contributed by atoms with Crippen molar-refractivity contribution in [1.82, 2.24) is 5.32 Å². The number of carbonyl (C=O) groups is 1. The summed E-state index contributed by atoms with van der Waals surface area (Å²) in [4.78, 5) is 13.2. The highest BCUT2D eigenvalue weighted by atomic mass is 79.9. The van der Waals surface area contributed by atoms with Gasteiger partial charge in [0.15, 0.2) is 0 Å². The van der Waals surface area contributed by atoms with Crippen LogP contribution in [-0.4, -0.2) is 11.9 Å². The Morgan fingerprint density at radius 1 is 1.05 bits per heavy atom. The Kier molecular flexibility index (Phi) is 3.80. The fourth-order valence-corrected chi connectivity index (χ4v) is 4.48. The lowest BCUT2D eigenvalue weighted by Gasteiger charge is -2.31. The van der Waals surface area contributed by atoms with Gasteiger partial charge in [-0.15, -0.1) is 0 Å². The Morgan fingerprint density at radius 3 is 2.09 bits per heavy atom. The summed E-state index contributed by atoms with van der Waals surface area (Å²) in [6.07, 6.45) is 9.59. The minimum absolute atomic E-state index is 0.275. The Hall–Kier alpha value is -0.830. The first kappa shape index (κ1) is 14.7. The summed E-state index contributed by atoms with van der Waals surface area (Å²) in [5.74, 6) is 1.83. The number of nitrogens with one attached hydrogen (secondary N) is 1. The number of carbonyl (C=O) groups excluding carboxylic acids is 1. The lowest BCUT2D eigenvalue weighted by atomic mass is 9.77. The fraction of sp³-hybridized carbons (Fsp3) is 0.632. The summed E-state index contributed by atoms with van der Waals surface area (Å²) in [6.45, 7) is 0. The molecule has 3 heteroatoms. The van der Waals surface area contributed by atoms with E-state index in [0.29, 0.717) is 11.9 Å². The van der Waals surface area contributed by atoms with Gasteiger partial charge in [0.25, 0.3) is 0 Å². The van der Waals surface area contributed by atoms with E-state index in [0.717, 1.165) is 29.2 Å². The first-order chi connectivity index (χ1) is 10.7. The SMILES string of the molecule is O=C(NC(C1CC1)C1CC1)C1(c2ccc(Br)cc2)CCCC1. The highest BCUT2D eigenvalue weighted by Crippen LogP contribution is 2.46. The Labute approximate surface area is 141 Å². The molecule has 4 rings (SSSR count). The van der Waals surface area contributed by atoms with Crippen molar-refractivity contribution in [3.8, 4) is 0 Å². The van der Waals surface area contributed by atoms with Crippen molar-refractivity contribution in [2.24, 2.45) is 11.8 Å². The van der Waals surface area contributed by atoms with Crippen LogP contribution in [0, 0.1) is 11.8 Å². The molecule has 1 aromatic carbocycles. The molecule has 0 spiro atoms. The van der Waals surface area contributed by atoms with Crippen LogP contribution in [0.5, 0.6) is 0 Å². The molecular formula is C19H24BrNO. The molecule has 1 amide bonds. The zero-order valence-corrected chi connectivity index (χ0v) is 14.6. The predicted octanol–water partition coefficient (Wildman–Crippen LogP) is 4.57. The van der Waals surface area contributed by atoms with E-state index in [2.05, 4.69) is 45.5 Å². The Morgan fingerprint density at radius 2 is 1.59 bits per heavy atom. The van der Waals surface area contributed by atoms with Crippen LogP contribution < -0.4 is 5.32 Å². The van der Waals surface area contributed by atoms with Gasteiger partial charge in [-0.05, 0) is 68.1 Å². The highest BCUT2D eigenvalue weighted by Gasteiger charge is 2.47. The van der Waals surface area contributed by atoms with Crippen molar-refractivity contribution in [3.63, 3.8) is 0 Å². The van der Waals surface area contributed by atoms with Crippen molar-refractivity contribution in [2.75, 3.05) is 0 Å². The van der Waals surface area contributed by atoms with Gasteiger partial charge in [0.2, 0.25) is 5.91 Å². The number of hydrogen-bond acceptors (Lipinski definition) is 1. The Bertz CT molecular complexity index is 541. The molecule has 1 aromatic rings. The molecule has 0 bridgehead atoms. The van der Waals surface area contributed by atoms with Crippen molar-refractivity contribution < 1.29 is 4.79 Å². The van der Waals surface area contributed by atoms with Crippen LogP contribution in [0.15, 0.2) is 28.7 Å². The van der Waals surface area contributed by atoms with Crippen LogP contribution in [0.2, 0.25) is 0 Å². The van der Waals surface area contributed by atoms with Gasteiger partial charge >= 0.3 is 0 Å². The van der Waals surface area contributed by atoms with Crippen LogP contribution in [-0.2, 0) is 10.2 Å². The molecule has 3 aliphatic rings. The molecule has 0 unspecified atom stereocenters. The minimum atomic E-state index is -0.275. The van der Waals surface area contributed by atoms with E-state index in [4.69, 9.17) is 0 Å². The molecule has 3 fully saturated rings. The second-order valence-electron chi connectivity index (χ2n) is 7.47. The van der Waals surface area contributed by atoms with Crippen LogP contribution in [0.1, 0.15) is 56.9 Å². The minimum Gasteiger partial charge on any atom is -0.352 e. The van der Waals surface area contributed by atoms with E-state index >= 15 is 0 Å². The summed E-state index contributed by atoms with van der Waals surface area (Å²) in [5, 5.41) is 3.49. The maximum absolute atomic E-state index is 13.2. The summed E-state index contributed by atoms with van der Waals surface area (Å²) < 4.78 is 1.08. The Balaban J connectivity index is 1.57. The van der Waals surface area contributed by atoms with Gasteiger partial charge in [0, 0.05) is 10.5 Å². The van der Waals surface area contributed by atoms with Crippen LogP contribution in [0.4, 0.5) is 0 Å². The van der Waals surface area contributed by atoms with E-state index in [9.17, 15) is 4.79 Å². The van der Waals surface area contributed by atoms with Gasteiger partial charge in [0.05, 0.1) is 5.41 Å². The van der Waals surface area contributed by atoms with E-state index in [-0.39, 0.29) is 5.41 Å². The number of halogens is 1. The predicted molar refractivity (Wildman–Crippen MR) is 91.7 cm³/mol. The van der Waals surface area contributed by atoms with Crippen LogP contribution >= 0.6 is 15.9 Å². The second-order valence-corrected chi connectivity index (χ2v) is 8.39. The van der Waals surface area contributed by atoms with Crippen LogP contribution in [0.25, 0.3) is 0 Å². The average molecular weight is 362 g/mol. The van der Waals surface area contributed by atoms with Gasteiger partial charge in [-0.25, -0.2) is 0 Å². The number of benzene rings is 1. The molecule has 0 aromatic heterocycles. The lowest BCUT2D eigenvalue weighted by Crippen LogP contribution is -2.48. The molecule has 0 saturated heterocycles. The monoisotopic (exact) mass is 361 g/mol. The van der Waals surface area contributed by atoms with Gasteiger partial charge in [-0.2, -0.15) is 0 Å². The molecule has 0 atom stereocenters. The number of amides is 1. The summed E-state index contributed by atoms with van der Waals surface area (Å²) in [6, 6.07) is 8.88. The van der Waals surface area contributed by atoms with Gasteiger partial charge in [-0.1, -0.05) is 40.9 Å². The zero-order valence-electron chi connectivity index (χ0n) is 13.0. The largest absolute Gasteiger partial charge is 0.352 e. The van der Waals surface area contributed by atoms with Crippen molar-refractivity contribution >= 4 is 21.8 Å². The van der Waals surface area contributed by atoms with Gasteiger partial charge in [-0.3, -0.25) is 4.79 Å². The van der Waals surface area contributed by atoms with Gasteiger partial charge in [0.1, 0.15) is 0 Å². The third kappa shape index (κ3) is 2.73. The van der Waals surface area contributed by atoms with Crippen molar-refractivity contribution in [3.05, 3.63) is 34.3 Å². The highest BCUT2D eigenvalue weighted by molar-refractivity contribution is 9.10. The van der Waals surface area contributed by atoms with Crippen molar-refractivity contribution in [1.29, 1.82) is 0 Å². The molecule has 0 heterocycles.